The number of hydrogen-bond acceptors (Lipinski definition) is 4. The monoisotopic (exact) mass is 533 g/mol. The molecule has 0 unspecified atom stereocenters. The van der Waals surface area contributed by atoms with Crippen LogP contribution in [0.1, 0.15) is 33.6 Å². The lowest BCUT2D eigenvalue weighted by atomic mass is 10.1. The molecule has 0 radical (unpaired) electrons. The van der Waals surface area contributed by atoms with Crippen LogP contribution in [0.3, 0.4) is 0 Å². The zero-order valence-electron chi connectivity index (χ0n) is 20.8. The Labute approximate surface area is 223 Å². The Balaban J connectivity index is 1.16. The summed E-state index contributed by atoms with van der Waals surface area (Å²) in [4.78, 5) is 29.5. The van der Waals surface area contributed by atoms with Crippen molar-refractivity contribution in [2.75, 3.05) is 33.9 Å². The Hall–Kier alpha value is -4.73. The summed E-state index contributed by atoms with van der Waals surface area (Å²) in [6.45, 7) is 0.514. The number of hydrogen-bond donors (Lipinski definition) is 4. The molecule has 5 rings (SSSR count). The van der Waals surface area contributed by atoms with Crippen molar-refractivity contribution in [3.05, 3.63) is 102 Å². The lowest BCUT2D eigenvalue weighted by molar-refractivity contribution is -0.0220. The van der Waals surface area contributed by atoms with E-state index >= 15 is 0 Å². The molecule has 10 heteroatoms. The highest BCUT2D eigenvalue weighted by Gasteiger charge is 2.34. The lowest BCUT2D eigenvalue weighted by Crippen LogP contribution is -2.39. The maximum Gasteiger partial charge on any atom is 0.257 e. The van der Waals surface area contributed by atoms with E-state index in [9.17, 15) is 22.8 Å². The number of H-pyrrole nitrogens is 1. The van der Waals surface area contributed by atoms with E-state index in [0.717, 1.165) is 5.69 Å². The van der Waals surface area contributed by atoms with Gasteiger partial charge in [0.1, 0.15) is 5.82 Å². The molecule has 1 aliphatic heterocycles. The molecule has 0 saturated carbocycles. The second-order valence-corrected chi connectivity index (χ2v) is 9.29. The normalized spacial score (nSPS) is 14.5. The number of nitrogens with zero attached hydrogens (tertiary/aromatic N) is 1. The highest BCUT2D eigenvalue weighted by Crippen LogP contribution is 2.31. The van der Waals surface area contributed by atoms with Gasteiger partial charge in [0.25, 0.3) is 17.7 Å². The van der Waals surface area contributed by atoms with Crippen LogP contribution in [0.15, 0.2) is 85.2 Å². The number of carbonyl (C=O) groups excluding carboxylic acids is 2. The van der Waals surface area contributed by atoms with E-state index in [-0.39, 0.29) is 43.2 Å². The van der Waals surface area contributed by atoms with E-state index in [4.69, 9.17) is 0 Å². The molecular weight excluding hydrogens is 507 g/mol. The van der Waals surface area contributed by atoms with Gasteiger partial charge >= 0.3 is 0 Å². The average molecular weight is 534 g/mol. The third kappa shape index (κ3) is 6.40. The summed E-state index contributed by atoms with van der Waals surface area (Å²) in [5.41, 5.74) is 3.36. The molecule has 39 heavy (non-hydrogen) atoms. The smallest absolute Gasteiger partial charge is 0.257 e. The van der Waals surface area contributed by atoms with Crippen molar-refractivity contribution < 1.29 is 22.8 Å². The molecule has 3 aromatic carbocycles. The van der Waals surface area contributed by atoms with E-state index in [1.165, 1.54) is 12.1 Å². The number of alkyl halides is 2. The molecule has 0 atom stereocenters. The van der Waals surface area contributed by atoms with Gasteiger partial charge in [0.15, 0.2) is 0 Å². The van der Waals surface area contributed by atoms with E-state index in [1.807, 2.05) is 4.90 Å². The average Bonchev–Trinajstić information content (AvgIpc) is 3.47. The molecule has 1 saturated heterocycles. The van der Waals surface area contributed by atoms with Crippen LogP contribution in [-0.4, -0.2) is 35.8 Å². The van der Waals surface area contributed by atoms with Gasteiger partial charge in [-0.25, -0.2) is 13.2 Å². The Morgan fingerprint density at radius 1 is 0.769 bits per heavy atom. The first kappa shape index (κ1) is 25.9. The van der Waals surface area contributed by atoms with Gasteiger partial charge in [0.05, 0.1) is 11.3 Å². The summed E-state index contributed by atoms with van der Waals surface area (Å²) in [6, 6.07) is 19.5. The summed E-state index contributed by atoms with van der Waals surface area (Å²) in [5, 5.41) is 8.43. The Morgan fingerprint density at radius 2 is 1.38 bits per heavy atom. The number of rotatable bonds is 7. The topological polar surface area (TPSA) is 89.3 Å². The minimum absolute atomic E-state index is 0.191. The highest BCUT2D eigenvalue weighted by atomic mass is 19.3. The number of amides is 2. The van der Waals surface area contributed by atoms with E-state index in [1.54, 1.807) is 73.1 Å². The summed E-state index contributed by atoms with van der Waals surface area (Å²) in [7, 11) is 0. The van der Waals surface area contributed by atoms with E-state index < -0.39 is 17.6 Å². The second kappa shape index (κ2) is 10.9. The van der Waals surface area contributed by atoms with Crippen LogP contribution in [0.4, 0.5) is 41.6 Å². The number of carbonyl (C=O) groups is 2. The zero-order chi connectivity index (χ0) is 27.4. The quantitative estimate of drug-likeness (QED) is 0.215. The lowest BCUT2D eigenvalue weighted by Gasteiger charge is -2.33. The summed E-state index contributed by atoms with van der Waals surface area (Å²) in [5.74, 6) is -3.84. The molecule has 2 amide bonds. The summed E-state index contributed by atoms with van der Waals surface area (Å²) >= 11 is 0. The maximum atomic E-state index is 14.8. The van der Waals surface area contributed by atoms with Crippen LogP contribution < -0.4 is 20.9 Å². The van der Waals surface area contributed by atoms with Gasteiger partial charge < -0.3 is 25.8 Å². The minimum atomic E-state index is -2.62. The van der Waals surface area contributed by atoms with Crippen molar-refractivity contribution in [2.24, 2.45) is 0 Å². The maximum absolute atomic E-state index is 14.8. The molecule has 7 nitrogen and oxygen atoms in total. The molecule has 4 aromatic rings. The molecule has 1 aromatic heterocycles. The fourth-order valence-electron chi connectivity index (χ4n) is 4.27. The Morgan fingerprint density at radius 3 is 2.03 bits per heavy atom. The van der Waals surface area contributed by atoms with Gasteiger partial charge in [0, 0.05) is 66.6 Å². The van der Waals surface area contributed by atoms with Gasteiger partial charge in [-0.05, 0) is 72.8 Å². The van der Waals surface area contributed by atoms with Gasteiger partial charge in [-0.15, -0.1) is 0 Å². The predicted molar refractivity (Wildman–Crippen MR) is 146 cm³/mol. The standard InChI is InChI=1S/C29H26F3N5O2/c30-25-17-23(36-27(38)19-1-8-24(9-2-19)37-15-12-29(31,32)13-16-37)7-10-26(25)34-21-3-5-22(6-4-21)35-28(39)20-11-14-33-18-20/h1-11,14,17-18,33-34H,12-13,15-16H2,(H,35,39)(H,36,38). The number of anilines is 5. The SMILES string of the molecule is O=C(Nc1ccc(Nc2ccc(NC(=O)c3cc[nH]c3)cc2)c(F)c1)c1ccc(N2CCC(F)(F)CC2)cc1. The van der Waals surface area contributed by atoms with Crippen LogP contribution in [-0.2, 0) is 0 Å². The fourth-order valence-corrected chi connectivity index (χ4v) is 4.27. The van der Waals surface area contributed by atoms with Crippen molar-refractivity contribution in [3.63, 3.8) is 0 Å². The molecular formula is C29H26F3N5O2. The predicted octanol–water partition coefficient (Wildman–Crippen LogP) is 6.64. The molecule has 0 bridgehead atoms. The summed E-state index contributed by atoms with van der Waals surface area (Å²) < 4.78 is 41.6. The van der Waals surface area contributed by atoms with Crippen LogP contribution >= 0.6 is 0 Å². The van der Waals surface area contributed by atoms with Gasteiger partial charge in [-0.3, -0.25) is 9.59 Å². The van der Waals surface area contributed by atoms with Crippen molar-refractivity contribution in [2.45, 2.75) is 18.8 Å². The van der Waals surface area contributed by atoms with Crippen LogP contribution in [0.25, 0.3) is 0 Å². The highest BCUT2D eigenvalue weighted by molar-refractivity contribution is 6.05. The zero-order valence-corrected chi connectivity index (χ0v) is 20.8. The van der Waals surface area contributed by atoms with Crippen molar-refractivity contribution in [3.8, 4) is 0 Å². The van der Waals surface area contributed by atoms with Crippen molar-refractivity contribution >= 4 is 40.3 Å². The fraction of sp³-hybridized carbons (Fsp3) is 0.172. The van der Waals surface area contributed by atoms with Gasteiger partial charge in [-0.2, -0.15) is 0 Å². The van der Waals surface area contributed by atoms with Crippen molar-refractivity contribution in [1.29, 1.82) is 0 Å². The molecule has 4 N–H and O–H groups in total. The van der Waals surface area contributed by atoms with Crippen LogP contribution in [0, 0.1) is 5.82 Å². The molecule has 1 fully saturated rings. The third-order valence-electron chi connectivity index (χ3n) is 6.50. The van der Waals surface area contributed by atoms with Gasteiger partial charge in [0.2, 0.25) is 0 Å². The van der Waals surface area contributed by atoms with Crippen LogP contribution in [0.2, 0.25) is 0 Å². The number of nitrogens with one attached hydrogen (secondary N) is 4. The Kier molecular flexibility index (Phi) is 7.27. The molecule has 0 aliphatic carbocycles. The number of halogens is 3. The number of piperidine rings is 1. The number of aromatic nitrogens is 1. The van der Waals surface area contributed by atoms with Crippen molar-refractivity contribution in [1.82, 2.24) is 4.98 Å². The number of aromatic amines is 1. The first-order valence-electron chi connectivity index (χ1n) is 12.4. The minimum Gasteiger partial charge on any atom is -0.371 e. The number of benzene rings is 3. The van der Waals surface area contributed by atoms with Crippen LogP contribution in [0.5, 0.6) is 0 Å². The van der Waals surface area contributed by atoms with E-state index in [2.05, 4.69) is 20.9 Å². The second-order valence-electron chi connectivity index (χ2n) is 9.29. The Bertz CT molecular complexity index is 1450. The first-order chi connectivity index (χ1) is 18.8. The molecule has 1 aliphatic rings. The molecule has 200 valence electrons. The third-order valence-corrected chi connectivity index (χ3v) is 6.50. The largest absolute Gasteiger partial charge is 0.371 e. The first-order valence-corrected chi connectivity index (χ1v) is 12.4. The van der Waals surface area contributed by atoms with Gasteiger partial charge in [-0.1, -0.05) is 0 Å². The van der Waals surface area contributed by atoms with E-state index in [0.29, 0.717) is 22.5 Å². The molecule has 2 heterocycles. The molecule has 0 spiro atoms. The summed E-state index contributed by atoms with van der Waals surface area (Å²) in [6.07, 6.45) is 2.88.